The zero-order valence-corrected chi connectivity index (χ0v) is 13.3. The van der Waals surface area contributed by atoms with Crippen molar-refractivity contribution in [2.24, 2.45) is 5.92 Å². The van der Waals surface area contributed by atoms with Crippen molar-refractivity contribution in [1.82, 2.24) is 5.32 Å². The summed E-state index contributed by atoms with van der Waals surface area (Å²) >= 11 is 0. The first kappa shape index (κ1) is 16.1. The third kappa shape index (κ3) is 4.11. The van der Waals surface area contributed by atoms with Crippen molar-refractivity contribution in [3.63, 3.8) is 0 Å². The lowest BCUT2D eigenvalue weighted by Crippen LogP contribution is -2.43. The second-order valence-electron chi connectivity index (χ2n) is 6.16. The lowest BCUT2D eigenvalue weighted by Gasteiger charge is -2.35. The van der Waals surface area contributed by atoms with Gasteiger partial charge in [0.15, 0.2) is 11.5 Å². The Morgan fingerprint density at radius 1 is 1.24 bits per heavy atom. The third-order valence-corrected chi connectivity index (χ3v) is 4.46. The molecular formula is C17H27NO3. The molecule has 0 amide bonds. The van der Waals surface area contributed by atoms with Crippen LogP contribution in [0.1, 0.15) is 38.2 Å². The summed E-state index contributed by atoms with van der Waals surface area (Å²) in [6.45, 7) is 3.55. The smallest absolute Gasteiger partial charge is 0.165 e. The highest BCUT2D eigenvalue weighted by Crippen LogP contribution is 2.32. The highest BCUT2D eigenvalue weighted by molar-refractivity contribution is 5.46. The molecule has 4 heteroatoms. The highest BCUT2D eigenvalue weighted by Gasteiger charge is 2.31. The van der Waals surface area contributed by atoms with Crippen LogP contribution >= 0.6 is 0 Å². The van der Waals surface area contributed by atoms with Gasteiger partial charge in [0.05, 0.1) is 19.8 Å². The van der Waals surface area contributed by atoms with Crippen molar-refractivity contribution in [3.8, 4) is 11.5 Å². The number of aliphatic hydroxyl groups is 1. The molecule has 2 N–H and O–H groups in total. The molecule has 0 radical (unpaired) electrons. The van der Waals surface area contributed by atoms with Crippen LogP contribution in [0.25, 0.3) is 0 Å². The van der Waals surface area contributed by atoms with E-state index in [1.54, 1.807) is 14.2 Å². The number of para-hydroxylation sites is 1. The molecule has 4 nitrogen and oxygen atoms in total. The van der Waals surface area contributed by atoms with Gasteiger partial charge in [-0.05, 0) is 37.7 Å². The van der Waals surface area contributed by atoms with E-state index in [1.807, 2.05) is 18.2 Å². The maximum Gasteiger partial charge on any atom is 0.165 e. The van der Waals surface area contributed by atoms with E-state index in [9.17, 15) is 5.11 Å². The van der Waals surface area contributed by atoms with Gasteiger partial charge >= 0.3 is 0 Å². The number of hydrogen-bond donors (Lipinski definition) is 2. The average Bonchev–Trinajstić information content (AvgIpc) is 2.50. The lowest BCUT2D eigenvalue weighted by atomic mass is 9.79. The van der Waals surface area contributed by atoms with Gasteiger partial charge < -0.3 is 19.9 Å². The summed E-state index contributed by atoms with van der Waals surface area (Å²) < 4.78 is 10.7. The van der Waals surface area contributed by atoms with E-state index >= 15 is 0 Å². The van der Waals surface area contributed by atoms with Gasteiger partial charge in [-0.25, -0.2) is 0 Å². The molecule has 0 bridgehead atoms. The van der Waals surface area contributed by atoms with Gasteiger partial charge in [0.2, 0.25) is 0 Å². The molecule has 0 heterocycles. The summed E-state index contributed by atoms with van der Waals surface area (Å²) in [4.78, 5) is 0. The zero-order valence-electron chi connectivity index (χ0n) is 13.3. The first-order valence-electron chi connectivity index (χ1n) is 7.71. The molecule has 0 spiro atoms. The van der Waals surface area contributed by atoms with Crippen molar-refractivity contribution < 1.29 is 14.6 Å². The van der Waals surface area contributed by atoms with Gasteiger partial charge in [-0.2, -0.15) is 0 Å². The first-order valence-corrected chi connectivity index (χ1v) is 7.71. The minimum atomic E-state index is -0.557. The minimum Gasteiger partial charge on any atom is -0.493 e. The fourth-order valence-electron chi connectivity index (χ4n) is 3.00. The van der Waals surface area contributed by atoms with E-state index in [1.165, 1.54) is 0 Å². The number of nitrogens with one attached hydrogen (secondary N) is 1. The van der Waals surface area contributed by atoms with Crippen LogP contribution in [-0.2, 0) is 6.54 Å². The van der Waals surface area contributed by atoms with E-state index in [0.717, 1.165) is 48.7 Å². The Hall–Kier alpha value is -1.26. The Bertz CT molecular complexity index is 453. The Morgan fingerprint density at radius 3 is 2.57 bits per heavy atom. The van der Waals surface area contributed by atoms with Crippen LogP contribution in [0.4, 0.5) is 0 Å². The van der Waals surface area contributed by atoms with Crippen molar-refractivity contribution in [3.05, 3.63) is 23.8 Å². The quantitative estimate of drug-likeness (QED) is 0.847. The lowest BCUT2D eigenvalue weighted by molar-refractivity contribution is -0.00633. The van der Waals surface area contributed by atoms with Crippen LogP contribution in [0.15, 0.2) is 18.2 Å². The van der Waals surface area contributed by atoms with Gasteiger partial charge in [-0.3, -0.25) is 0 Å². The van der Waals surface area contributed by atoms with Gasteiger partial charge in [-0.15, -0.1) is 0 Å². The zero-order chi connectivity index (χ0) is 15.3. The van der Waals surface area contributed by atoms with E-state index in [4.69, 9.17) is 9.47 Å². The molecule has 0 unspecified atom stereocenters. The Labute approximate surface area is 127 Å². The summed E-state index contributed by atoms with van der Waals surface area (Å²) in [5.74, 6) is 2.24. The molecule has 1 aliphatic rings. The number of hydrogen-bond acceptors (Lipinski definition) is 4. The largest absolute Gasteiger partial charge is 0.493 e. The number of rotatable bonds is 6. The second kappa shape index (κ2) is 7.14. The van der Waals surface area contributed by atoms with Crippen molar-refractivity contribution >= 4 is 0 Å². The molecule has 1 aromatic carbocycles. The Balaban J connectivity index is 1.91. The number of benzene rings is 1. The molecule has 0 aliphatic heterocycles. The molecule has 0 atom stereocenters. The van der Waals surface area contributed by atoms with E-state index in [2.05, 4.69) is 12.2 Å². The maximum atomic E-state index is 10.6. The molecule has 0 saturated heterocycles. The molecule has 1 fully saturated rings. The monoisotopic (exact) mass is 293 g/mol. The highest BCUT2D eigenvalue weighted by atomic mass is 16.5. The molecule has 118 valence electrons. The summed E-state index contributed by atoms with van der Waals surface area (Å²) in [5, 5.41) is 13.9. The first-order chi connectivity index (χ1) is 10.1. The predicted molar refractivity (Wildman–Crippen MR) is 83.8 cm³/mol. The van der Waals surface area contributed by atoms with Gasteiger partial charge in [0.1, 0.15) is 0 Å². The van der Waals surface area contributed by atoms with Crippen molar-refractivity contribution in [1.29, 1.82) is 0 Å². The second-order valence-corrected chi connectivity index (χ2v) is 6.16. The number of methoxy groups -OCH3 is 2. The predicted octanol–water partition coefficient (Wildman–Crippen LogP) is 2.73. The Morgan fingerprint density at radius 2 is 1.95 bits per heavy atom. The van der Waals surface area contributed by atoms with Gasteiger partial charge in [0, 0.05) is 18.7 Å². The summed E-state index contributed by atoms with van der Waals surface area (Å²) in [6, 6.07) is 5.86. The van der Waals surface area contributed by atoms with Crippen LogP contribution in [0, 0.1) is 5.92 Å². The molecular weight excluding hydrogens is 266 g/mol. The maximum absolute atomic E-state index is 10.6. The van der Waals surface area contributed by atoms with E-state index in [0.29, 0.717) is 13.1 Å². The molecule has 1 aromatic rings. The summed E-state index contributed by atoms with van der Waals surface area (Å²) in [5.41, 5.74) is 0.489. The van der Waals surface area contributed by atoms with Crippen LogP contribution in [-0.4, -0.2) is 31.5 Å². The molecule has 21 heavy (non-hydrogen) atoms. The fraction of sp³-hybridized carbons (Fsp3) is 0.647. The topological polar surface area (TPSA) is 50.7 Å². The Kier molecular flexibility index (Phi) is 5.48. The molecule has 1 aliphatic carbocycles. The molecule has 2 rings (SSSR count). The van der Waals surface area contributed by atoms with Crippen LogP contribution in [0.3, 0.4) is 0 Å². The normalized spacial score (nSPS) is 25.6. The summed E-state index contributed by atoms with van der Waals surface area (Å²) in [6.07, 6.45) is 3.99. The van der Waals surface area contributed by atoms with Crippen LogP contribution < -0.4 is 14.8 Å². The molecule has 1 saturated carbocycles. The van der Waals surface area contributed by atoms with E-state index in [-0.39, 0.29) is 0 Å². The standard InChI is InChI=1S/C17H27NO3/c1-13-7-9-17(19,10-8-13)12-18-11-14-5-4-6-15(20-2)16(14)21-3/h4-6,13,18-19H,7-12H2,1-3H3. The van der Waals surface area contributed by atoms with Crippen LogP contribution in [0.2, 0.25) is 0 Å². The summed E-state index contributed by atoms with van der Waals surface area (Å²) in [7, 11) is 3.29. The van der Waals surface area contributed by atoms with Crippen LogP contribution in [0.5, 0.6) is 11.5 Å². The van der Waals surface area contributed by atoms with Crippen molar-refractivity contribution in [2.45, 2.75) is 44.8 Å². The minimum absolute atomic E-state index is 0.557. The van der Waals surface area contributed by atoms with Crippen molar-refractivity contribution in [2.75, 3.05) is 20.8 Å². The molecule has 0 aromatic heterocycles. The SMILES string of the molecule is COc1cccc(CNCC2(O)CCC(C)CC2)c1OC. The van der Waals surface area contributed by atoms with Gasteiger partial charge in [-0.1, -0.05) is 19.1 Å². The van der Waals surface area contributed by atoms with E-state index < -0.39 is 5.60 Å². The third-order valence-electron chi connectivity index (χ3n) is 4.46. The fourth-order valence-corrected chi connectivity index (χ4v) is 3.00. The number of ether oxygens (including phenoxy) is 2. The average molecular weight is 293 g/mol. The van der Waals surface area contributed by atoms with Gasteiger partial charge in [0.25, 0.3) is 0 Å².